The molecule has 142 valence electrons. The Morgan fingerprint density at radius 1 is 0.821 bits per heavy atom. The molecular formula is C22H17ClO5. The maximum atomic E-state index is 12.1. The molecule has 6 heteroatoms. The van der Waals surface area contributed by atoms with Crippen LogP contribution in [0.1, 0.15) is 15.9 Å². The number of esters is 2. The number of rotatable bonds is 7. The maximum Gasteiger partial charge on any atom is 0.349 e. The predicted molar refractivity (Wildman–Crippen MR) is 105 cm³/mol. The van der Waals surface area contributed by atoms with Gasteiger partial charge in [-0.05, 0) is 42.0 Å². The Hall–Kier alpha value is -3.31. The lowest BCUT2D eigenvalue weighted by Crippen LogP contribution is -2.17. The van der Waals surface area contributed by atoms with Crippen LogP contribution >= 0.6 is 11.6 Å². The fourth-order valence-electron chi connectivity index (χ4n) is 2.32. The van der Waals surface area contributed by atoms with Gasteiger partial charge in [-0.2, -0.15) is 0 Å². The van der Waals surface area contributed by atoms with Gasteiger partial charge in [0, 0.05) is 0 Å². The van der Waals surface area contributed by atoms with Crippen molar-refractivity contribution in [3.63, 3.8) is 0 Å². The van der Waals surface area contributed by atoms with E-state index in [9.17, 15) is 9.59 Å². The zero-order valence-corrected chi connectivity index (χ0v) is 15.6. The number of halogens is 1. The van der Waals surface area contributed by atoms with Crippen molar-refractivity contribution in [2.24, 2.45) is 0 Å². The first-order chi connectivity index (χ1) is 13.6. The van der Waals surface area contributed by atoms with Gasteiger partial charge in [0.25, 0.3) is 0 Å². The number of hydrogen-bond donors (Lipinski definition) is 0. The molecule has 0 saturated carbocycles. The summed E-state index contributed by atoms with van der Waals surface area (Å²) in [7, 11) is 0. The van der Waals surface area contributed by atoms with Gasteiger partial charge in [-0.15, -0.1) is 0 Å². The highest BCUT2D eigenvalue weighted by atomic mass is 35.5. The molecule has 5 nitrogen and oxygen atoms in total. The van der Waals surface area contributed by atoms with Gasteiger partial charge in [-0.25, -0.2) is 9.59 Å². The minimum atomic E-state index is -0.584. The normalized spacial score (nSPS) is 10.2. The van der Waals surface area contributed by atoms with Crippen LogP contribution in [0.15, 0.2) is 78.9 Å². The van der Waals surface area contributed by atoms with Gasteiger partial charge in [-0.3, -0.25) is 0 Å². The molecule has 0 aliphatic heterocycles. The average molecular weight is 397 g/mol. The smallest absolute Gasteiger partial charge is 0.349 e. The maximum absolute atomic E-state index is 12.1. The molecule has 0 spiro atoms. The highest BCUT2D eigenvalue weighted by molar-refractivity contribution is 6.32. The van der Waals surface area contributed by atoms with E-state index in [1.165, 1.54) is 24.3 Å². The number of hydrogen-bond acceptors (Lipinski definition) is 5. The first-order valence-electron chi connectivity index (χ1n) is 8.51. The van der Waals surface area contributed by atoms with E-state index in [1.54, 1.807) is 24.3 Å². The Morgan fingerprint density at radius 3 is 2.21 bits per heavy atom. The zero-order chi connectivity index (χ0) is 19.8. The second-order valence-corrected chi connectivity index (χ2v) is 6.19. The number of ether oxygens (including phenoxy) is 3. The molecule has 0 aromatic heterocycles. The van der Waals surface area contributed by atoms with Crippen molar-refractivity contribution in [2.75, 3.05) is 6.61 Å². The molecule has 0 unspecified atom stereocenters. The molecule has 3 aromatic carbocycles. The molecule has 0 amide bonds. The van der Waals surface area contributed by atoms with Crippen LogP contribution in [0, 0.1) is 0 Å². The van der Waals surface area contributed by atoms with E-state index < -0.39 is 11.9 Å². The van der Waals surface area contributed by atoms with Gasteiger partial charge in [0.2, 0.25) is 0 Å². The number of benzene rings is 3. The quantitative estimate of drug-likeness (QED) is 0.428. The van der Waals surface area contributed by atoms with Gasteiger partial charge in [0.05, 0.1) is 10.6 Å². The molecule has 3 aromatic rings. The van der Waals surface area contributed by atoms with Crippen molar-refractivity contribution in [2.45, 2.75) is 6.61 Å². The number of para-hydroxylation sites is 1. The molecule has 0 atom stereocenters. The summed E-state index contributed by atoms with van der Waals surface area (Å²) in [4.78, 5) is 24.0. The van der Waals surface area contributed by atoms with Gasteiger partial charge >= 0.3 is 11.9 Å². The molecule has 0 heterocycles. The highest BCUT2D eigenvalue weighted by Crippen LogP contribution is 2.23. The highest BCUT2D eigenvalue weighted by Gasteiger charge is 2.11. The Bertz CT molecular complexity index is 939. The zero-order valence-electron chi connectivity index (χ0n) is 14.8. The van der Waals surface area contributed by atoms with Gasteiger partial charge in [0.15, 0.2) is 6.61 Å². The van der Waals surface area contributed by atoms with Gasteiger partial charge in [-0.1, -0.05) is 54.1 Å². The van der Waals surface area contributed by atoms with Crippen molar-refractivity contribution >= 4 is 23.5 Å². The second kappa shape index (κ2) is 9.58. The molecule has 0 aliphatic rings. The fraction of sp³-hybridized carbons (Fsp3) is 0.0909. The van der Waals surface area contributed by atoms with Gasteiger partial charge < -0.3 is 14.2 Å². The molecule has 28 heavy (non-hydrogen) atoms. The van der Waals surface area contributed by atoms with Crippen molar-refractivity contribution < 1.29 is 23.8 Å². The summed E-state index contributed by atoms with van der Waals surface area (Å²) in [5.74, 6) is -0.340. The lowest BCUT2D eigenvalue weighted by Gasteiger charge is -2.08. The topological polar surface area (TPSA) is 61.8 Å². The molecule has 0 fully saturated rings. The Morgan fingerprint density at radius 2 is 1.50 bits per heavy atom. The van der Waals surface area contributed by atoms with E-state index in [1.807, 2.05) is 30.3 Å². The predicted octanol–water partition coefficient (Wildman–Crippen LogP) is 4.68. The van der Waals surface area contributed by atoms with E-state index in [0.29, 0.717) is 22.1 Å². The minimum absolute atomic E-state index is 0.190. The van der Waals surface area contributed by atoms with Crippen molar-refractivity contribution in [3.05, 3.63) is 95.0 Å². The standard InChI is InChI=1S/C22H17ClO5/c23-19-8-4-5-9-20(19)26-15-21(24)28-18-12-10-17(11-13-18)22(25)27-14-16-6-2-1-3-7-16/h1-13H,14-15H2. The summed E-state index contributed by atoms with van der Waals surface area (Å²) < 4.78 is 15.8. The monoisotopic (exact) mass is 396 g/mol. The molecule has 3 rings (SSSR count). The SMILES string of the molecule is O=C(COc1ccccc1Cl)Oc1ccc(C(=O)OCc2ccccc2)cc1. The third kappa shape index (κ3) is 5.59. The Labute approximate surface area is 167 Å². The van der Waals surface area contributed by atoms with E-state index in [2.05, 4.69) is 0 Å². The molecule has 0 saturated heterocycles. The summed E-state index contributed by atoms with van der Waals surface area (Å²) in [6, 6.07) is 22.3. The molecule has 0 N–H and O–H groups in total. The van der Waals surface area contributed by atoms with Crippen molar-refractivity contribution in [1.82, 2.24) is 0 Å². The first kappa shape index (κ1) is 19.5. The van der Waals surface area contributed by atoms with E-state index in [4.69, 9.17) is 25.8 Å². The largest absolute Gasteiger partial charge is 0.480 e. The van der Waals surface area contributed by atoms with Crippen LogP contribution < -0.4 is 9.47 Å². The lowest BCUT2D eigenvalue weighted by atomic mass is 10.2. The van der Waals surface area contributed by atoms with E-state index in [0.717, 1.165) is 5.56 Å². The average Bonchev–Trinajstić information content (AvgIpc) is 2.73. The van der Waals surface area contributed by atoms with Crippen molar-refractivity contribution in [1.29, 1.82) is 0 Å². The molecule has 0 radical (unpaired) electrons. The fourth-order valence-corrected chi connectivity index (χ4v) is 2.52. The minimum Gasteiger partial charge on any atom is -0.480 e. The second-order valence-electron chi connectivity index (χ2n) is 5.78. The van der Waals surface area contributed by atoms with Crippen LogP contribution in [0.5, 0.6) is 11.5 Å². The Kier molecular flexibility index (Phi) is 6.65. The Balaban J connectivity index is 1.49. The molecule has 0 aliphatic carbocycles. The van der Waals surface area contributed by atoms with Crippen molar-refractivity contribution in [3.8, 4) is 11.5 Å². The summed E-state index contributed by atoms with van der Waals surface area (Å²) >= 11 is 5.96. The van der Waals surface area contributed by atoms with Crippen LogP contribution in [-0.2, 0) is 16.1 Å². The van der Waals surface area contributed by atoms with Crippen LogP contribution in [0.3, 0.4) is 0 Å². The molecular weight excluding hydrogens is 380 g/mol. The summed E-state index contributed by atoms with van der Waals surface area (Å²) in [5.41, 5.74) is 1.27. The van der Waals surface area contributed by atoms with Gasteiger partial charge in [0.1, 0.15) is 18.1 Å². The number of carbonyl (C=O) groups is 2. The lowest BCUT2D eigenvalue weighted by molar-refractivity contribution is -0.136. The third-order valence-corrected chi connectivity index (χ3v) is 4.03. The van der Waals surface area contributed by atoms with Crippen LogP contribution in [0.25, 0.3) is 0 Å². The number of carbonyl (C=O) groups excluding carboxylic acids is 2. The van der Waals surface area contributed by atoms with Crippen LogP contribution in [0.2, 0.25) is 5.02 Å². The molecule has 0 bridgehead atoms. The summed E-state index contributed by atoms with van der Waals surface area (Å²) in [6.45, 7) is -0.0968. The summed E-state index contributed by atoms with van der Waals surface area (Å²) in [5, 5.41) is 0.411. The summed E-state index contributed by atoms with van der Waals surface area (Å²) in [6.07, 6.45) is 0. The van der Waals surface area contributed by atoms with E-state index >= 15 is 0 Å². The first-order valence-corrected chi connectivity index (χ1v) is 8.89. The van der Waals surface area contributed by atoms with Crippen LogP contribution in [0.4, 0.5) is 0 Å². The third-order valence-electron chi connectivity index (χ3n) is 3.72. The van der Waals surface area contributed by atoms with E-state index in [-0.39, 0.29) is 13.2 Å². The van der Waals surface area contributed by atoms with Crippen LogP contribution in [-0.4, -0.2) is 18.5 Å².